The number of amides is 2. The Hall–Kier alpha value is -3.05. The Kier molecular flexibility index (Phi) is 7.09. The van der Waals surface area contributed by atoms with E-state index in [0.717, 1.165) is 17.7 Å². The molecule has 0 saturated heterocycles. The number of hydrogen-bond acceptors (Lipinski definition) is 6. The zero-order chi connectivity index (χ0) is 20.6. The smallest absolute Gasteiger partial charge is 0.407 e. The second kappa shape index (κ2) is 9.94. The number of phenols is 1. The van der Waals surface area contributed by atoms with Crippen LogP contribution in [0.25, 0.3) is 0 Å². The summed E-state index contributed by atoms with van der Waals surface area (Å²) in [7, 11) is 0. The Morgan fingerprint density at radius 1 is 1.28 bits per heavy atom. The lowest BCUT2D eigenvalue weighted by molar-refractivity contribution is -0.127. The highest BCUT2D eigenvalue weighted by Gasteiger charge is 2.33. The average Bonchev–Trinajstić information content (AvgIpc) is 3.24. The SMILES string of the molecule is N#CC(NC(=O)C1CCCCC1NC(=O)OCc1cccs1)c1cccc(O)c1. The molecule has 3 rings (SSSR count). The van der Waals surface area contributed by atoms with Crippen molar-refractivity contribution in [1.29, 1.82) is 5.26 Å². The molecule has 1 aliphatic carbocycles. The molecule has 1 aromatic carbocycles. The van der Waals surface area contributed by atoms with E-state index in [-0.39, 0.29) is 24.3 Å². The summed E-state index contributed by atoms with van der Waals surface area (Å²) in [6.07, 6.45) is 2.54. The maximum atomic E-state index is 12.8. The molecule has 0 radical (unpaired) electrons. The Balaban J connectivity index is 1.59. The molecule has 3 N–H and O–H groups in total. The molecule has 1 aliphatic rings. The van der Waals surface area contributed by atoms with Crippen molar-refractivity contribution in [3.8, 4) is 11.8 Å². The van der Waals surface area contributed by atoms with Crippen molar-refractivity contribution in [2.24, 2.45) is 5.92 Å². The summed E-state index contributed by atoms with van der Waals surface area (Å²) in [5, 5.41) is 26.5. The van der Waals surface area contributed by atoms with E-state index in [9.17, 15) is 20.0 Å². The molecule has 29 heavy (non-hydrogen) atoms. The van der Waals surface area contributed by atoms with Gasteiger partial charge in [0.05, 0.1) is 12.0 Å². The molecule has 2 aromatic rings. The number of ether oxygens (including phenoxy) is 1. The van der Waals surface area contributed by atoms with Crippen LogP contribution in [0.3, 0.4) is 0 Å². The standard InChI is InChI=1S/C21H23N3O4S/c22-12-19(14-5-3-6-15(25)11-14)23-20(26)17-8-1-2-9-18(17)24-21(27)28-13-16-7-4-10-29-16/h3-7,10-11,17-19,25H,1-2,8-9,13H2,(H,23,26)(H,24,27). The third-order valence-corrected chi connectivity index (χ3v) is 5.80. The number of carbonyl (C=O) groups is 2. The van der Waals surface area contributed by atoms with Crippen LogP contribution in [-0.2, 0) is 16.1 Å². The number of rotatable bonds is 6. The number of phenolic OH excluding ortho intramolecular Hbond substituents is 1. The molecule has 3 unspecified atom stereocenters. The summed E-state index contributed by atoms with van der Waals surface area (Å²) in [5.41, 5.74) is 0.511. The Bertz CT molecular complexity index is 878. The van der Waals surface area contributed by atoms with Crippen LogP contribution in [0.5, 0.6) is 5.75 Å². The van der Waals surface area contributed by atoms with Gasteiger partial charge in [-0.1, -0.05) is 31.0 Å². The van der Waals surface area contributed by atoms with Gasteiger partial charge >= 0.3 is 6.09 Å². The zero-order valence-electron chi connectivity index (χ0n) is 15.8. The number of nitrogens with zero attached hydrogens (tertiary/aromatic N) is 1. The van der Waals surface area contributed by atoms with Gasteiger partial charge in [0, 0.05) is 10.9 Å². The largest absolute Gasteiger partial charge is 0.508 e. The number of nitriles is 1. The summed E-state index contributed by atoms with van der Waals surface area (Å²) < 4.78 is 5.25. The maximum absolute atomic E-state index is 12.8. The molecule has 3 atom stereocenters. The first-order chi connectivity index (χ1) is 14.1. The third-order valence-electron chi connectivity index (χ3n) is 4.95. The minimum atomic E-state index is -0.872. The summed E-state index contributed by atoms with van der Waals surface area (Å²) >= 11 is 1.51. The van der Waals surface area contributed by atoms with Crippen molar-refractivity contribution in [3.63, 3.8) is 0 Å². The van der Waals surface area contributed by atoms with Gasteiger partial charge in [-0.05, 0) is 42.0 Å². The topological polar surface area (TPSA) is 111 Å². The summed E-state index contributed by atoms with van der Waals surface area (Å²) in [6.45, 7) is 0.196. The van der Waals surface area contributed by atoms with Gasteiger partial charge in [0.2, 0.25) is 5.91 Å². The fraction of sp³-hybridized carbons (Fsp3) is 0.381. The van der Waals surface area contributed by atoms with Gasteiger partial charge in [-0.15, -0.1) is 11.3 Å². The van der Waals surface area contributed by atoms with Gasteiger partial charge in [-0.3, -0.25) is 4.79 Å². The van der Waals surface area contributed by atoms with Crippen LogP contribution in [0.15, 0.2) is 41.8 Å². The lowest BCUT2D eigenvalue weighted by atomic mass is 9.83. The highest BCUT2D eigenvalue weighted by atomic mass is 32.1. The average molecular weight is 413 g/mol. The van der Waals surface area contributed by atoms with Crippen molar-refractivity contribution in [3.05, 3.63) is 52.2 Å². The van der Waals surface area contributed by atoms with E-state index < -0.39 is 18.1 Å². The van der Waals surface area contributed by atoms with E-state index in [2.05, 4.69) is 16.7 Å². The monoisotopic (exact) mass is 413 g/mol. The van der Waals surface area contributed by atoms with Crippen LogP contribution in [0.1, 0.15) is 42.2 Å². The molecule has 0 spiro atoms. The second-order valence-corrected chi connectivity index (χ2v) is 8.00. The molecule has 8 heteroatoms. The van der Waals surface area contributed by atoms with E-state index in [4.69, 9.17) is 4.74 Å². The van der Waals surface area contributed by atoms with Gasteiger partial charge in [0.25, 0.3) is 0 Å². The van der Waals surface area contributed by atoms with Crippen LogP contribution >= 0.6 is 11.3 Å². The first kappa shape index (κ1) is 20.7. The van der Waals surface area contributed by atoms with E-state index in [1.165, 1.54) is 23.5 Å². The highest BCUT2D eigenvalue weighted by Crippen LogP contribution is 2.26. The zero-order valence-corrected chi connectivity index (χ0v) is 16.7. The minimum absolute atomic E-state index is 0.0303. The Morgan fingerprint density at radius 3 is 2.83 bits per heavy atom. The number of aromatic hydroxyl groups is 1. The normalized spacial score (nSPS) is 19.6. The number of alkyl carbamates (subject to hydrolysis) is 1. The first-order valence-corrected chi connectivity index (χ1v) is 10.4. The van der Waals surface area contributed by atoms with Crippen molar-refractivity contribution < 1.29 is 19.4 Å². The highest BCUT2D eigenvalue weighted by molar-refractivity contribution is 7.09. The fourth-order valence-corrected chi connectivity index (χ4v) is 4.10. The van der Waals surface area contributed by atoms with Crippen LogP contribution in [0, 0.1) is 17.2 Å². The molecular weight excluding hydrogens is 390 g/mol. The van der Waals surface area contributed by atoms with Gasteiger partial charge in [0.15, 0.2) is 0 Å². The summed E-state index contributed by atoms with van der Waals surface area (Å²) in [5.74, 6) is -0.697. The number of nitrogens with one attached hydrogen (secondary N) is 2. The number of benzene rings is 1. The molecule has 7 nitrogen and oxygen atoms in total. The first-order valence-electron chi connectivity index (χ1n) is 9.51. The van der Waals surface area contributed by atoms with E-state index in [1.807, 2.05) is 17.5 Å². The molecule has 1 fully saturated rings. The van der Waals surface area contributed by atoms with Crippen molar-refractivity contribution in [2.45, 2.75) is 44.4 Å². The van der Waals surface area contributed by atoms with Crippen LogP contribution in [0.4, 0.5) is 4.79 Å². The van der Waals surface area contributed by atoms with Crippen molar-refractivity contribution in [2.75, 3.05) is 0 Å². The Morgan fingerprint density at radius 2 is 2.10 bits per heavy atom. The maximum Gasteiger partial charge on any atom is 0.407 e. The molecule has 0 aliphatic heterocycles. The van der Waals surface area contributed by atoms with Gasteiger partial charge in [0.1, 0.15) is 18.4 Å². The number of hydrogen-bond donors (Lipinski definition) is 3. The van der Waals surface area contributed by atoms with Crippen molar-refractivity contribution >= 4 is 23.3 Å². The van der Waals surface area contributed by atoms with Gasteiger partial charge in [-0.2, -0.15) is 5.26 Å². The van der Waals surface area contributed by atoms with E-state index in [0.29, 0.717) is 18.4 Å². The quantitative estimate of drug-likeness (QED) is 0.670. The van der Waals surface area contributed by atoms with E-state index in [1.54, 1.807) is 12.1 Å². The molecule has 1 heterocycles. The predicted molar refractivity (Wildman–Crippen MR) is 108 cm³/mol. The Labute approximate surface area is 173 Å². The summed E-state index contributed by atoms with van der Waals surface area (Å²) in [4.78, 5) is 26.0. The molecular formula is C21H23N3O4S. The van der Waals surface area contributed by atoms with Gasteiger partial charge in [-0.25, -0.2) is 4.79 Å². The van der Waals surface area contributed by atoms with Crippen LogP contribution in [-0.4, -0.2) is 23.1 Å². The fourth-order valence-electron chi connectivity index (χ4n) is 3.49. The third kappa shape index (κ3) is 5.72. The number of carbonyl (C=O) groups excluding carboxylic acids is 2. The lowest BCUT2D eigenvalue weighted by Gasteiger charge is -2.31. The molecule has 152 valence electrons. The van der Waals surface area contributed by atoms with Crippen LogP contribution in [0.2, 0.25) is 0 Å². The molecule has 2 amide bonds. The minimum Gasteiger partial charge on any atom is -0.508 e. The number of thiophene rings is 1. The molecule has 0 bridgehead atoms. The molecule has 1 saturated carbocycles. The predicted octanol–water partition coefficient (Wildman–Crippen LogP) is 3.62. The lowest BCUT2D eigenvalue weighted by Crippen LogP contribution is -2.49. The summed E-state index contributed by atoms with van der Waals surface area (Å²) in [6, 6.07) is 10.9. The van der Waals surface area contributed by atoms with E-state index >= 15 is 0 Å². The van der Waals surface area contributed by atoms with Gasteiger partial charge < -0.3 is 20.5 Å². The second-order valence-electron chi connectivity index (χ2n) is 6.96. The van der Waals surface area contributed by atoms with Crippen LogP contribution < -0.4 is 10.6 Å². The molecule has 1 aromatic heterocycles. The van der Waals surface area contributed by atoms with Crippen molar-refractivity contribution in [1.82, 2.24) is 10.6 Å².